The van der Waals surface area contributed by atoms with Crippen LogP contribution in [0.5, 0.6) is 0 Å². The van der Waals surface area contributed by atoms with E-state index >= 15 is 0 Å². The summed E-state index contributed by atoms with van der Waals surface area (Å²) in [7, 11) is 1.96. The molecular formula is C18H19FN2. The Morgan fingerprint density at radius 3 is 3.00 bits per heavy atom. The second kappa shape index (κ2) is 4.93. The van der Waals surface area contributed by atoms with Crippen molar-refractivity contribution in [1.29, 1.82) is 0 Å². The van der Waals surface area contributed by atoms with Gasteiger partial charge in [0, 0.05) is 19.0 Å². The molecule has 0 amide bonds. The zero-order valence-corrected chi connectivity index (χ0v) is 12.2. The Morgan fingerprint density at radius 1 is 1.24 bits per heavy atom. The first-order chi connectivity index (χ1) is 10.3. The number of benzene rings is 2. The van der Waals surface area contributed by atoms with Gasteiger partial charge in [0.05, 0.1) is 0 Å². The van der Waals surface area contributed by atoms with Crippen LogP contribution < -0.4 is 10.6 Å². The monoisotopic (exact) mass is 282 g/mol. The van der Waals surface area contributed by atoms with Crippen LogP contribution in [0.3, 0.4) is 0 Å². The van der Waals surface area contributed by atoms with Gasteiger partial charge in [0.2, 0.25) is 0 Å². The van der Waals surface area contributed by atoms with Crippen molar-refractivity contribution in [2.75, 3.05) is 13.6 Å². The smallest absolute Gasteiger partial charge is 0.124 e. The largest absolute Gasteiger partial charge is 0.316 e. The third kappa shape index (κ3) is 2.00. The van der Waals surface area contributed by atoms with Crippen molar-refractivity contribution in [3.63, 3.8) is 0 Å². The fraction of sp³-hybridized carbons (Fsp3) is 0.333. The first-order valence-electron chi connectivity index (χ1n) is 7.59. The summed E-state index contributed by atoms with van der Waals surface area (Å²) in [5.74, 6) is 0.288. The maximum Gasteiger partial charge on any atom is 0.124 e. The first kappa shape index (κ1) is 13.0. The van der Waals surface area contributed by atoms with Crippen molar-refractivity contribution in [3.05, 3.63) is 58.4 Å². The molecule has 2 nitrogen and oxygen atoms in total. The molecule has 1 aliphatic carbocycles. The Labute approximate surface area is 124 Å². The molecule has 4 rings (SSSR count). The molecule has 1 atom stereocenters. The van der Waals surface area contributed by atoms with Crippen molar-refractivity contribution in [2.45, 2.75) is 25.4 Å². The highest BCUT2D eigenvalue weighted by Crippen LogP contribution is 2.49. The van der Waals surface area contributed by atoms with Crippen LogP contribution in [-0.4, -0.2) is 13.6 Å². The summed E-state index contributed by atoms with van der Waals surface area (Å²) in [5, 5.41) is 6.62. The maximum absolute atomic E-state index is 13.9. The standard InChI is InChI=1S/C18H19FN2/c1-20-9-11-2-3-14-16(6-11)15-4-5-21-10-12-7-13(19)8-17(14)18(12)15/h2-3,6-8,15,20-21H,4-5,9-10H2,1H3. The molecule has 0 aromatic heterocycles. The predicted octanol–water partition coefficient (Wildman–Crippen LogP) is 3.15. The van der Waals surface area contributed by atoms with Crippen molar-refractivity contribution in [3.8, 4) is 11.1 Å². The van der Waals surface area contributed by atoms with Crippen molar-refractivity contribution in [2.24, 2.45) is 0 Å². The molecular weight excluding hydrogens is 263 g/mol. The van der Waals surface area contributed by atoms with Gasteiger partial charge in [-0.2, -0.15) is 0 Å². The third-order valence-electron chi connectivity index (χ3n) is 4.67. The number of nitrogens with one attached hydrogen (secondary N) is 2. The SMILES string of the molecule is CNCc1ccc2c(c1)C1CCNCc3cc(F)cc-2c31. The van der Waals surface area contributed by atoms with E-state index in [4.69, 9.17) is 0 Å². The fourth-order valence-corrected chi connectivity index (χ4v) is 3.84. The molecule has 0 saturated heterocycles. The van der Waals surface area contributed by atoms with E-state index in [0.717, 1.165) is 37.2 Å². The van der Waals surface area contributed by atoms with Gasteiger partial charge >= 0.3 is 0 Å². The van der Waals surface area contributed by atoms with Crippen LogP contribution >= 0.6 is 0 Å². The predicted molar refractivity (Wildman–Crippen MR) is 82.8 cm³/mol. The van der Waals surface area contributed by atoms with E-state index in [-0.39, 0.29) is 5.82 Å². The topological polar surface area (TPSA) is 24.1 Å². The summed E-state index contributed by atoms with van der Waals surface area (Å²) in [6.07, 6.45) is 1.08. The molecule has 1 heterocycles. The zero-order chi connectivity index (χ0) is 14.4. The summed E-state index contributed by atoms with van der Waals surface area (Å²) in [6, 6.07) is 10.0. The number of halogens is 1. The maximum atomic E-state index is 13.9. The summed E-state index contributed by atoms with van der Waals surface area (Å²) in [6.45, 7) is 2.62. The van der Waals surface area contributed by atoms with Gasteiger partial charge in [-0.3, -0.25) is 0 Å². The van der Waals surface area contributed by atoms with E-state index in [2.05, 4.69) is 28.8 Å². The van der Waals surface area contributed by atoms with Crippen LogP contribution in [0.15, 0.2) is 30.3 Å². The van der Waals surface area contributed by atoms with Crippen LogP contribution in [0.25, 0.3) is 11.1 Å². The summed E-state index contributed by atoms with van der Waals surface area (Å²) >= 11 is 0. The molecule has 1 unspecified atom stereocenters. The fourth-order valence-electron chi connectivity index (χ4n) is 3.84. The lowest BCUT2D eigenvalue weighted by Gasteiger charge is -2.13. The molecule has 0 radical (unpaired) electrons. The van der Waals surface area contributed by atoms with Gasteiger partial charge in [0.25, 0.3) is 0 Å². The molecule has 2 aromatic carbocycles. The van der Waals surface area contributed by atoms with Gasteiger partial charge < -0.3 is 10.6 Å². The van der Waals surface area contributed by atoms with Gasteiger partial charge in [-0.1, -0.05) is 18.2 Å². The Kier molecular flexibility index (Phi) is 3.05. The molecule has 1 aliphatic heterocycles. The lowest BCUT2D eigenvalue weighted by atomic mass is 9.91. The lowest BCUT2D eigenvalue weighted by Crippen LogP contribution is -2.13. The van der Waals surface area contributed by atoms with Gasteiger partial charge in [0.15, 0.2) is 0 Å². The Morgan fingerprint density at radius 2 is 2.14 bits per heavy atom. The lowest BCUT2D eigenvalue weighted by molar-refractivity contribution is 0.622. The Balaban J connectivity index is 1.93. The van der Waals surface area contributed by atoms with Crippen molar-refractivity contribution in [1.82, 2.24) is 10.6 Å². The van der Waals surface area contributed by atoms with Crippen molar-refractivity contribution < 1.29 is 4.39 Å². The van der Waals surface area contributed by atoms with E-state index < -0.39 is 0 Å². The zero-order valence-electron chi connectivity index (χ0n) is 12.2. The minimum atomic E-state index is -0.127. The van der Waals surface area contributed by atoms with Gasteiger partial charge in [0.1, 0.15) is 5.82 Å². The number of fused-ring (bicyclic) bond motifs is 3. The number of rotatable bonds is 2. The molecule has 0 bridgehead atoms. The van der Waals surface area contributed by atoms with E-state index in [0.29, 0.717) is 5.92 Å². The molecule has 108 valence electrons. The quantitative estimate of drug-likeness (QED) is 0.884. The van der Waals surface area contributed by atoms with Gasteiger partial charge in [-0.05, 0) is 65.5 Å². The third-order valence-corrected chi connectivity index (χ3v) is 4.67. The normalized spacial score (nSPS) is 19.0. The molecule has 21 heavy (non-hydrogen) atoms. The minimum Gasteiger partial charge on any atom is -0.316 e. The molecule has 0 saturated carbocycles. The van der Waals surface area contributed by atoms with Crippen LogP contribution in [0, 0.1) is 5.82 Å². The Hall–Kier alpha value is -1.71. The Bertz CT molecular complexity index is 709. The number of hydrogen-bond acceptors (Lipinski definition) is 2. The summed E-state index contributed by atoms with van der Waals surface area (Å²) < 4.78 is 13.9. The van der Waals surface area contributed by atoms with E-state index in [1.165, 1.54) is 22.3 Å². The number of hydrogen-bond donors (Lipinski definition) is 2. The highest BCUT2D eigenvalue weighted by molar-refractivity contribution is 5.80. The molecule has 0 spiro atoms. The van der Waals surface area contributed by atoms with Crippen molar-refractivity contribution >= 4 is 0 Å². The molecule has 2 aromatic rings. The first-order valence-corrected chi connectivity index (χ1v) is 7.59. The average Bonchev–Trinajstić information content (AvgIpc) is 2.64. The molecule has 2 aliphatic rings. The van der Waals surface area contributed by atoms with Crippen LogP contribution in [0.1, 0.15) is 34.6 Å². The van der Waals surface area contributed by atoms with Crippen LogP contribution in [0.4, 0.5) is 4.39 Å². The second-order valence-electron chi connectivity index (χ2n) is 6.00. The second-order valence-corrected chi connectivity index (χ2v) is 6.00. The average molecular weight is 282 g/mol. The molecule has 2 N–H and O–H groups in total. The van der Waals surface area contributed by atoms with E-state index in [1.807, 2.05) is 7.05 Å². The van der Waals surface area contributed by atoms with Crippen LogP contribution in [-0.2, 0) is 13.1 Å². The summed E-state index contributed by atoms with van der Waals surface area (Å²) in [5.41, 5.74) is 7.45. The van der Waals surface area contributed by atoms with E-state index in [1.54, 1.807) is 12.1 Å². The minimum absolute atomic E-state index is 0.127. The molecule has 3 heteroatoms. The van der Waals surface area contributed by atoms with E-state index in [9.17, 15) is 4.39 Å². The summed E-state index contributed by atoms with van der Waals surface area (Å²) in [4.78, 5) is 0. The molecule has 0 fully saturated rings. The van der Waals surface area contributed by atoms with Crippen LogP contribution in [0.2, 0.25) is 0 Å². The highest BCUT2D eigenvalue weighted by atomic mass is 19.1. The highest BCUT2D eigenvalue weighted by Gasteiger charge is 2.32. The van der Waals surface area contributed by atoms with Gasteiger partial charge in [-0.25, -0.2) is 4.39 Å². The van der Waals surface area contributed by atoms with Gasteiger partial charge in [-0.15, -0.1) is 0 Å².